The zero-order valence-electron chi connectivity index (χ0n) is 11.8. The Morgan fingerprint density at radius 3 is 1.19 bits per heavy atom. The number of hydrogen-bond donors (Lipinski definition) is 0. The van der Waals surface area contributed by atoms with Crippen LogP contribution in [0.1, 0.15) is 0 Å². The summed E-state index contributed by atoms with van der Waals surface area (Å²) in [7, 11) is 0. The molecule has 0 aliphatic rings. The first-order valence-corrected chi connectivity index (χ1v) is 5.64. The van der Waals surface area contributed by atoms with Crippen molar-refractivity contribution in [2.45, 2.75) is 41.7 Å². The number of carbonyl (C=O) groups excluding carboxylic acids is 1. The van der Waals surface area contributed by atoms with E-state index in [4.69, 9.17) is 0 Å². The Balaban J connectivity index is 6.55. The standard InChI is InChI=1S/C10H3F15O2/c1-2-27-3(26)4(11,12)5(13,14)6(15,16)7(17,18)8(19,20)9(21,22)10(23,24)25/h2H,1H2. The van der Waals surface area contributed by atoms with Gasteiger partial charge in [-0.2, -0.15) is 65.9 Å². The van der Waals surface area contributed by atoms with Gasteiger partial charge in [-0.3, -0.25) is 0 Å². The molecule has 0 aromatic heterocycles. The molecule has 0 spiro atoms. The molecule has 0 radical (unpaired) electrons. The summed E-state index contributed by atoms with van der Waals surface area (Å²) >= 11 is 0. The summed E-state index contributed by atoms with van der Waals surface area (Å²) in [6.45, 7) is 2.30. The maximum atomic E-state index is 13.1. The van der Waals surface area contributed by atoms with Gasteiger partial charge in [0, 0.05) is 0 Å². The van der Waals surface area contributed by atoms with Gasteiger partial charge in [0.05, 0.1) is 6.26 Å². The lowest BCUT2D eigenvalue weighted by Gasteiger charge is -2.40. The van der Waals surface area contributed by atoms with E-state index in [1.54, 1.807) is 0 Å². The average Bonchev–Trinajstić information content (AvgIpc) is 2.45. The first-order chi connectivity index (χ1) is 11.5. The van der Waals surface area contributed by atoms with Crippen LogP contribution in [0.25, 0.3) is 0 Å². The number of rotatable bonds is 7. The number of ether oxygens (including phenoxy) is 1. The van der Waals surface area contributed by atoms with Crippen LogP contribution in [-0.2, 0) is 9.53 Å². The van der Waals surface area contributed by atoms with E-state index in [0.717, 1.165) is 0 Å². The third-order valence-electron chi connectivity index (χ3n) is 2.77. The Morgan fingerprint density at radius 1 is 0.593 bits per heavy atom. The second-order valence-corrected chi connectivity index (χ2v) is 4.52. The molecule has 160 valence electrons. The van der Waals surface area contributed by atoms with Gasteiger partial charge < -0.3 is 4.74 Å². The molecule has 0 fully saturated rings. The van der Waals surface area contributed by atoms with Crippen molar-refractivity contribution in [2.24, 2.45) is 0 Å². The van der Waals surface area contributed by atoms with Crippen LogP contribution in [0.5, 0.6) is 0 Å². The molecule has 0 aromatic carbocycles. The van der Waals surface area contributed by atoms with E-state index in [1.807, 2.05) is 0 Å². The molecular weight excluding hydrogens is 437 g/mol. The summed E-state index contributed by atoms with van der Waals surface area (Å²) in [5, 5.41) is 0. The lowest BCUT2D eigenvalue weighted by Crippen LogP contribution is -2.73. The molecule has 0 saturated heterocycles. The number of hydrogen-bond acceptors (Lipinski definition) is 2. The predicted octanol–water partition coefficient (Wildman–Crippen LogP) is 5.05. The average molecular weight is 440 g/mol. The molecule has 17 heteroatoms. The smallest absolute Gasteiger partial charge is 0.431 e. The Labute approximate surface area is 137 Å². The monoisotopic (exact) mass is 440 g/mol. The van der Waals surface area contributed by atoms with Crippen LogP contribution in [0.2, 0.25) is 0 Å². The van der Waals surface area contributed by atoms with Gasteiger partial charge >= 0.3 is 47.7 Å². The van der Waals surface area contributed by atoms with Gasteiger partial charge in [0.15, 0.2) is 0 Å². The number of halogens is 15. The maximum absolute atomic E-state index is 13.1. The number of carbonyl (C=O) groups is 1. The highest BCUT2D eigenvalue weighted by Crippen LogP contribution is 2.62. The third kappa shape index (κ3) is 3.17. The first-order valence-electron chi connectivity index (χ1n) is 5.64. The fourth-order valence-electron chi connectivity index (χ4n) is 1.24. The molecule has 0 heterocycles. The van der Waals surface area contributed by atoms with E-state index >= 15 is 0 Å². The van der Waals surface area contributed by atoms with Crippen molar-refractivity contribution in [3.8, 4) is 0 Å². The normalized spacial score (nSPS) is 15.5. The van der Waals surface area contributed by atoms with E-state index in [9.17, 15) is 70.7 Å². The largest absolute Gasteiger partial charge is 0.460 e. The topological polar surface area (TPSA) is 26.3 Å². The van der Waals surface area contributed by atoms with E-state index in [2.05, 4.69) is 11.3 Å². The minimum Gasteiger partial charge on any atom is -0.431 e. The fourth-order valence-corrected chi connectivity index (χ4v) is 1.24. The van der Waals surface area contributed by atoms with Gasteiger partial charge in [0.1, 0.15) is 0 Å². The molecular formula is C10H3F15O2. The van der Waals surface area contributed by atoms with Gasteiger partial charge in [-0.15, -0.1) is 0 Å². The van der Waals surface area contributed by atoms with E-state index in [-0.39, 0.29) is 0 Å². The lowest BCUT2D eigenvalue weighted by molar-refractivity contribution is -0.450. The van der Waals surface area contributed by atoms with E-state index in [1.165, 1.54) is 0 Å². The van der Waals surface area contributed by atoms with Gasteiger partial charge in [-0.25, -0.2) is 4.79 Å². The summed E-state index contributed by atoms with van der Waals surface area (Å²) in [6.07, 6.45) is -8.11. The van der Waals surface area contributed by atoms with Crippen LogP contribution in [-0.4, -0.2) is 47.7 Å². The summed E-state index contributed by atoms with van der Waals surface area (Å²) in [5.74, 6) is -52.0. The molecule has 0 amide bonds. The Bertz CT molecular complexity index is 588. The first kappa shape index (κ1) is 25.2. The van der Waals surface area contributed by atoms with Crippen molar-refractivity contribution < 1.29 is 75.4 Å². The second kappa shape index (κ2) is 6.35. The maximum Gasteiger partial charge on any atom is 0.460 e. The van der Waals surface area contributed by atoms with Gasteiger partial charge in [-0.1, -0.05) is 6.58 Å². The zero-order chi connectivity index (χ0) is 22.5. The Hall–Kier alpha value is -1.84. The molecule has 2 nitrogen and oxygen atoms in total. The molecule has 0 unspecified atom stereocenters. The van der Waals surface area contributed by atoms with Gasteiger partial charge in [0.25, 0.3) is 0 Å². The Kier molecular flexibility index (Phi) is 5.92. The van der Waals surface area contributed by atoms with Crippen LogP contribution in [0.4, 0.5) is 65.9 Å². The van der Waals surface area contributed by atoms with Crippen LogP contribution < -0.4 is 0 Å². The highest BCUT2D eigenvalue weighted by molar-refractivity contribution is 5.79. The second-order valence-electron chi connectivity index (χ2n) is 4.52. The van der Waals surface area contributed by atoms with Crippen molar-refractivity contribution in [1.29, 1.82) is 0 Å². The summed E-state index contributed by atoms with van der Waals surface area (Å²) in [5.41, 5.74) is 0. The minimum absolute atomic E-state index is 0.422. The quantitative estimate of drug-likeness (QED) is 0.315. The van der Waals surface area contributed by atoms with Crippen LogP contribution in [0.15, 0.2) is 12.8 Å². The van der Waals surface area contributed by atoms with Crippen molar-refractivity contribution in [3.63, 3.8) is 0 Å². The number of esters is 1. The van der Waals surface area contributed by atoms with Gasteiger partial charge in [0.2, 0.25) is 0 Å². The predicted molar refractivity (Wildman–Crippen MR) is 52.0 cm³/mol. The lowest BCUT2D eigenvalue weighted by atomic mass is 9.91. The highest BCUT2D eigenvalue weighted by Gasteiger charge is 2.94. The SMILES string of the molecule is C=COC(=O)C(F)(F)C(F)(F)C(F)(F)C(F)(F)C(F)(F)C(F)(F)C(F)(F)F. The van der Waals surface area contributed by atoms with Crippen LogP contribution in [0, 0.1) is 0 Å². The van der Waals surface area contributed by atoms with Crippen molar-refractivity contribution >= 4 is 5.97 Å². The van der Waals surface area contributed by atoms with Gasteiger partial charge in [-0.05, 0) is 0 Å². The van der Waals surface area contributed by atoms with Crippen LogP contribution in [0.3, 0.4) is 0 Å². The van der Waals surface area contributed by atoms with Crippen LogP contribution >= 0.6 is 0 Å². The fraction of sp³-hybridized carbons (Fsp3) is 0.700. The molecule has 27 heavy (non-hydrogen) atoms. The molecule has 0 aliphatic carbocycles. The van der Waals surface area contributed by atoms with E-state index < -0.39 is 53.9 Å². The summed E-state index contributed by atoms with van der Waals surface area (Å²) in [6, 6.07) is 0. The third-order valence-corrected chi connectivity index (χ3v) is 2.77. The summed E-state index contributed by atoms with van der Waals surface area (Å²) < 4.78 is 193. The molecule has 0 bridgehead atoms. The molecule has 0 N–H and O–H groups in total. The minimum atomic E-state index is -8.44. The Morgan fingerprint density at radius 2 is 0.889 bits per heavy atom. The van der Waals surface area contributed by atoms with Crippen molar-refractivity contribution in [2.75, 3.05) is 0 Å². The number of alkyl halides is 15. The molecule has 0 rings (SSSR count). The van der Waals surface area contributed by atoms with Crippen molar-refractivity contribution in [1.82, 2.24) is 0 Å². The van der Waals surface area contributed by atoms with E-state index in [0.29, 0.717) is 0 Å². The summed E-state index contributed by atoms with van der Waals surface area (Å²) in [4.78, 5) is 10.5. The highest BCUT2D eigenvalue weighted by atomic mass is 19.4. The molecule has 0 saturated carbocycles. The molecule has 0 atom stereocenters. The molecule has 0 aliphatic heterocycles. The zero-order valence-corrected chi connectivity index (χ0v) is 11.8. The van der Waals surface area contributed by atoms with Crippen molar-refractivity contribution in [3.05, 3.63) is 12.8 Å². The molecule has 0 aromatic rings.